The number of carbonyl (C=O) groups is 2. The van der Waals surface area contributed by atoms with Crippen LogP contribution in [0.1, 0.15) is 62.6 Å². The number of anilines is 1. The van der Waals surface area contributed by atoms with Crippen LogP contribution < -0.4 is 10.6 Å². The molecule has 41 heavy (non-hydrogen) atoms. The van der Waals surface area contributed by atoms with Crippen LogP contribution in [0.5, 0.6) is 0 Å². The van der Waals surface area contributed by atoms with Crippen LogP contribution in [0.15, 0.2) is 72.9 Å². The van der Waals surface area contributed by atoms with E-state index < -0.39 is 5.97 Å². The van der Waals surface area contributed by atoms with Crippen LogP contribution in [0.25, 0.3) is 5.69 Å². The van der Waals surface area contributed by atoms with E-state index in [-0.39, 0.29) is 30.0 Å². The Balaban J connectivity index is 1.48. The van der Waals surface area contributed by atoms with Gasteiger partial charge in [-0.1, -0.05) is 24.3 Å². The van der Waals surface area contributed by atoms with Crippen molar-refractivity contribution >= 4 is 34.9 Å². The lowest BCUT2D eigenvalue weighted by Crippen LogP contribution is -2.33. The molecule has 3 heterocycles. The fraction of sp³-hybridized carbons (Fsp3) is 0.250. The van der Waals surface area contributed by atoms with Crippen molar-refractivity contribution in [1.29, 1.82) is 0 Å². The Bertz CT molecular complexity index is 1630. The highest BCUT2D eigenvalue weighted by atomic mass is 32.1. The number of aromatic nitrogens is 2. The van der Waals surface area contributed by atoms with Crippen LogP contribution in [0, 0.1) is 27.7 Å². The number of thiocarbonyl (C=S) groups is 1. The third-order valence-corrected chi connectivity index (χ3v) is 7.94. The first-order valence-corrected chi connectivity index (χ1v) is 13.9. The van der Waals surface area contributed by atoms with Crippen LogP contribution >= 0.6 is 12.2 Å². The number of carbonyl (C=O) groups excluding carboxylic acids is 1. The largest absolute Gasteiger partial charge is 0.478 e. The average molecular weight is 568 g/mol. The first kappa shape index (κ1) is 28.0. The SMILES string of the molecule is Cc1ccc(C)c(NC(=O)CCN2C(=S)N[C@H](c3ccccn3)[C@H]2c2cc(C)n(-c3cccc(C(=O)O)c3)c2C)c1. The molecule has 8 nitrogen and oxygen atoms in total. The molecule has 210 valence electrons. The van der Waals surface area contributed by atoms with E-state index in [4.69, 9.17) is 12.2 Å². The van der Waals surface area contributed by atoms with Gasteiger partial charge in [-0.3, -0.25) is 9.78 Å². The number of aromatic carboxylic acids is 1. The smallest absolute Gasteiger partial charge is 0.335 e. The number of nitrogens with zero attached hydrogens (tertiary/aromatic N) is 3. The molecule has 1 amide bonds. The minimum atomic E-state index is -0.972. The second-order valence-corrected chi connectivity index (χ2v) is 10.8. The minimum Gasteiger partial charge on any atom is -0.478 e. The molecule has 0 radical (unpaired) electrons. The fourth-order valence-corrected chi connectivity index (χ4v) is 5.88. The average Bonchev–Trinajstić information content (AvgIpc) is 3.44. The van der Waals surface area contributed by atoms with Gasteiger partial charge in [0.25, 0.3) is 0 Å². The molecule has 2 aromatic carbocycles. The Kier molecular flexibility index (Phi) is 7.90. The van der Waals surface area contributed by atoms with E-state index in [0.717, 1.165) is 45.1 Å². The predicted molar refractivity (Wildman–Crippen MR) is 164 cm³/mol. The van der Waals surface area contributed by atoms with Crippen molar-refractivity contribution in [2.24, 2.45) is 0 Å². The van der Waals surface area contributed by atoms with Gasteiger partial charge in [0.15, 0.2) is 5.11 Å². The number of pyridine rings is 1. The van der Waals surface area contributed by atoms with E-state index in [0.29, 0.717) is 11.7 Å². The standard InChI is InChI=1S/C32H33N5O3S/c1-19-11-12-20(2)27(16-19)34-28(38)13-15-36-30(29(35-32(36)41)26-10-5-6-14-33-26)25-17-21(3)37(22(25)4)24-9-7-8-23(18-24)31(39)40/h5-12,14,16-18,29-30H,13,15H2,1-4H3,(H,34,38)(H,35,41)(H,39,40)/t29-,30-/m1/s1. The number of carboxylic acids is 1. The summed E-state index contributed by atoms with van der Waals surface area (Å²) in [5, 5.41) is 16.6. The Morgan fingerprint density at radius 3 is 2.56 bits per heavy atom. The Morgan fingerprint density at radius 1 is 1.02 bits per heavy atom. The van der Waals surface area contributed by atoms with Gasteiger partial charge in [-0.05, 0) is 99.1 Å². The zero-order chi connectivity index (χ0) is 29.3. The molecule has 4 aromatic rings. The molecule has 1 aliphatic heterocycles. The molecule has 2 aromatic heterocycles. The van der Waals surface area contributed by atoms with E-state index in [1.54, 1.807) is 24.4 Å². The topological polar surface area (TPSA) is 99.5 Å². The van der Waals surface area contributed by atoms with Crippen molar-refractivity contribution in [3.8, 4) is 5.69 Å². The lowest BCUT2D eigenvalue weighted by atomic mass is 9.96. The number of benzene rings is 2. The van der Waals surface area contributed by atoms with Crippen molar-refractivity contribution in [3.05, 3.63) is 112 Å². The van der Waals surface area contributed by atoms with Crippen LogP contribution in [-0.4, -0.2) is 43.1 Å². The van der Waals surface area contributed by atoms with E-state index >= 15 is 0 Å². The lowest BCUT2D eigenvalue weighted by molar-refractivity contribution is -0.116. The minimum absolute atomic E-state index is 0.0857. The Labute approximate surface area is 245 Å². The summed E-state index contributed by atoms with van der Waals surface area (Å²) in [5.41, 5.74) is 7.70. The first-order valence-electron chi connectivity index (χ1n) is 13.5. The summed E-state index contributed by atoms with van der Waals surface area (Å²) in [5.74, 6) is -1.06. The third kappa shape index (κ3) is 5.71. The highest BCUT2D eigenvalue weighted by Gasteiger charge is 2.41. The highest BCUT2D eigenvalue weighted by molar-refractivity contribution is 7.80. The quantitative estimate of drug-likeness (QED) is 0.231. The van der Waals surface area contributed by atoms with Gasteiger partial charge in [0.2, 0.25) is 5.91 Å². The van der Waals surface area contributed by atoms with E-state index in [2.05, 4.69) is 31.2 Å². The van der Waals surface area contributed by atoms with Crippen LogP contribution in [0.2, 0.25) is 0 Å². The van der Waals surface area contributed by atoms with Gasteiger partial charge in [0, 0.05) is 41.9 Å². The number of amides is 1. The van der Waals surface area contributed by atoms with Crippen LogP contribution in [0.3, 0.4) is 0 Å². The summed E-state index contributed by atoms with van der Waals surface area (Å²) >= 11 is 5.82. The van der Waals surface area contributed by atoms with Gasteiger partial charge >= 0.3 is 5.97 Å². The normalized spacial score (nSPS) is 16.5. The van der Waals surface area contributed by atoms with Gasteiger partial charge in [-0.25, -0.2) is 4.79 Å². The third-order valence-electron chi connectivity index (χ3n) is 7.58. The van der Waals surface area contributed by atoms with Gasteiger partial charge in [0.05, 0.1) is 23.3 Å². The highest BCUT2D eigenvalue weighted by Crippen LogP contribution is 2.41. The van der Waals surface area contributed by atoms with E-state index in [1.165, 1.54) is 0 Å². The second-order valence-electron chi connectivity index (χ2n) is 10.5. The van der Waals surface area contributed by atoms with Gasteiger partial charge in [-0.15, -0.1) is 0 Å². The predicted octanol–water partition coefficient (Wildman–Crippen LogP) is 5.81. The summed E-state index contributed by atoms with van der Waals surface area (Å²) in [7, 11) is 0. The number of hydrogen-bond donors (Lipinski definition) is 3. The van der Waals surface area contributed by atoms with Crippen molar-refractivity contribution in [1.82, 2.24) is 19.8 Å². The summed E-state index contributed by atoms with van der Waals surface area (Å²) in [6.07, 6.45) is 2.01. The zero-order valence-corrected chi connectivity index (χ0v) is 24.3. The summed E-state index contributed by atoms with van der Waals surface area (Å²) < 4.78 is 2.06. The monoisotopic (exact) mass is 567 g/mol. The van der Waals surface area contributed by atoms with E-state index in [1.807, 2.05) is 70.2 Å². The molecule has 0 bridgehead atoms. The molecule has 9 heteroatoms. The van der Waals surface area contributed by atoms with Crippen molar-refractivity contribution in [2.75, 3.05) is 11.9 Å². The molecule has 2 atom stereocenters. The molecule has 1 saturated heterocycles. The molecule has 0 saturated carbocycles. The summed E-state index contributed by atoms with van der Waals surface area (Å²) in [4.78, 5) is 31.4. The number of hydrogen-bond acceptors (Lipinski definition) is 4. The molecule has 5 rings (SSSR count). The molecular weight excluding hydrogens is 534 g/mol. The molecule has 3 N–H and O–H groups in total. The number of carboxylic acid groups (broad SMARTS) is 1. The maximum Gasteiger partial charge on any atom is 0.335 e. The maximum absolute atomic E-state index is 13.1. The van der Waals surface area contributed by atoms with Gasteiger partial charge < -0.3 is 25.2 Å². The van der Waals surface area contributed by atoms with Crippen LogP contribution in [-0.2, 0) is 4.79 Å². The molecule has 1 aliphatic rings. The number of rotatable bonds is 8. The Hall–Kier alpha value is -4.50. The second kappa shape index (κ2) is 11.5. The Morgan fingerprint density at radius 2 is 1.83 bits per heavy atom. The van der Waals surface area contributed by atoms with Gasteiger partial charge in [-0.2, -0.15) is 0 Å². The fourth-order valence-electron chi connectivity index (χ4n) is 5.55. The molecule has 0 aliphatic carbocycles. The molecule has 0 unspecified atom stereocenters. The number of aryl methyl sites for hydroxylation is 3. The van der Waals surface area contributed by atoms with E-state index in [9.17, 15) is 14.7 Å². The lowest BCUT2D eigenvalue weighted by Gasteiger charge is -2.28. The molecule has 1 fully saturated rings. The van der Waals surface area contributed by atoms with Crippen molar-refractivity contribution in [3.63, 3.8) is 0 Å². The van der Waals surface area contributed by atoms with Crippen LogP contribution in [0.4, 0.5) is 5.69 Å². The van der Waals surface area contributed by atoms with Crippen molar-refractivity contribution < 1.29 is 14.7 Å². The number of nitrogens with one attached hydrogen (secondary N) is 2. The maximum atomic E-state index is 13.1. The molecular formula is C32H33N5O3S. The zero-order valence-electron chi connectivity index (χ0n) is 23.5. The molecule has 0 spiro atoms. The summed E-state index contributed by atoms with van der Waals surface area (Å²) in [6, 6.07) is 20.4. The van der Waals surface area contributed by atoms with Crippen molar-refractivity contribution in [2.45, 2.75) is 46.2 Å². The van der Waals surface area contributed by atoms with Gasteiger partial charge in [0.1, 0.15) is 0 Å². The first-order chi connectivity index (χ1) is 19.6. The summed E-state index contributed by atoms with van der Waals surface area (Å²) in [6.45, 7) is 8.42.